The predicted molar refractivity (Wildman–Crippen MR) is 74.7 cm³/mol. The normalized spacial score (nSPS) is 10.3. The second-order valence-electron chi connectivity index (χ2n) is 4.66. The van der Waals surface area contributed by atoms with E-state index in [0.717, 1.165) is 0 Å². The van der Waals surface area contributed by atoms with Crippen LogP contribution in [0.4, 0.5) is 18.9 Å². The number of carbonyl (C=O) groups is 2. The molecular weight excluding hydrogens is 295 g/mol. The maximum absolute atomic E-state index is 13.4. The van der Waals surface area contributed by atoms with Crippen molar-refractivity contribution in [3.05, 3.63) is 65.5 Å². The predicted octanol–water partition coefficient (Wildman–Crippen LogP) is 3.24. The second-order valence-corrected chi connectivity index (χ2v) is 4.66. The van der Waals surface area contributed by atoms with Crippen molar-refractivity contribution in [3.8, 4) is 0 Å². The molecule has 2 rings (SSSR count). The van der Waals surface area contributed by atoms with E-state index in [0.29, 0.717) is 17.8 Å². The standard InChI is InChI=1S/C16H12F3NO2/c17-13-9-15(19)14(18)7-10(13)6-12(21)8-16(22)20-11-4-2-1-3-5-11/h1-5,7,9H,6,8H2,(H,20,22). The number of anilines is 1. The molecule has 0 aliphatic carbocycles. The van der Waals surface area contributed by atoms with E-state index in [1.165, 1.54) is 0 Å². The molecule has 0 unspecified atom stereocenters. The molecule has 0 radical (unpaired) electrons. The lowest BCUT2D eigenvalue weighted by Crippen LogP contribution is -2.18. The highest BCUT2D eigenvalue weighted by Crippen LogP contribution is 2.15. The van der Waals surface area contributed by atoms with Gasteiger partial charge in [0.25, 0.3) is 0 Å². The molecular formula is C16H12F3NO2. The molecule has 114 valence electrons. The Hall–Kier alpha value is -2.63. The summed E-state index contributed by atoms with van der Waals surface area (Å²) in [6.07, 6.45) is -0.960. The molecule has 6 heteroatoms. The van der Waals surface area contributed by atoms with Gasteiger partial charge in [0, 0.05) is 18.2 Å². The summed E-state index contributed by atoms with van der Waals surface area (Å²) in [5.41, 5.74) is 0.246. The molecule has 0 atom stereocenters. The minimum absolute atomic E-state index is 0.281. The fourth-order valence-corrected chi connectivity index (χ4v) is 1.88. The highest BCUT2D eigenvalue weighted by atomic mass is 19.2. The summed E-state index contributed by atoms with van der Waals surface area (Å²) in [5.74, 6) is -4.73. The Labute approximate surface area is 124 Å². The minimum Gasteiger partial charge on any atom is -0.326 e. The van der Waals surface area contributed by atoms with Gasteiger partial charge in [-0.25, -0.2) is 13.2 Å². The van der Waals surface area contributed by atoms with Crippen molar-refractivity contribution >= 4 is 17.4 Å². The van der Waals surface area contributed by atoms with Crippen molar-refractivity contribution in [1.29, 1.82) is 0 Å². The number of benzene rings is 2. The SMILES string of the molecule is O=C(CC(=O)Nc1ccccc1)Cc1cc(F)c(F)cc1F. The van der Waals surface area contributed by atoms with E-state index < -0.39 is 42.0 Å². The summed E-state index contributed by atoms with van der Waals surface area (Å²) in [6.45, 7) is 0. The van der Waals surface area contributed by atoms with Gasteiger partial charge in [-0.05, 0) is 23.8 Å². The summed E-state index contributed by atoms with van der Waals surface area (Å²) in [5, 5.41) is 2.51. The van der Waals surface area contributed by atoms with Crippen molar-refractivity contribution in [1.82, 2.24) is 0 Å². The molecule has 2 aromatic rings. The van der Waals surface area contributed by atoms with E-state index in [2.05, 4.69) is 5.32 Å². The van der Waals surface area contributed by atoms with Gasteiger partial charge >= 0.3 is 0 Å². The van der Waals surface area contributed by atoms with Gasteiger partial charge in [0.15, 0.2) is 11.6 Å². The number of nitrogens with one attached hydrogen (secondary N) is 1. The van der Waals surface area contributed by atoms with E-state index in [1.807, 2.05) is 0 Å². The van der Waals surface area contributed by atoms with Gasteiger partial charge in [0.05, 0.1) is 6.42 Å². The van der Waals surface area contributed by atoms with Crippen LogP contribution in [0.25, 0.3) is 0 Å². The fraction of sp³-hybridized carbons (Fsp3) is 0.125. The quantitative estimate of drug-likeness (QED) is 0.681. The van der Waals surface area contributed by atoms with Crippen LogP contribution in [0, 0.1) is 17.5 Å². The Kier molecular flexibility index (Phi) is 4.93. The molecule has 0 aromatic heterocycles. The Morgan fingerprint density at radius 1 is 0.909 bits per heavy atom. The van der Waals surface area contributed by atoms with Crippen LogP contribution in [0.15, 0.2) is 42.5 Å². The van der Waals surface area contributed by atoms with Crippen LogP contribution in [-0.4, -0.2) is 11.7 Å². The van der Waals surface area contributed by atoms with Gasteiger partial charge in [0.2, 0.25) is 5.91 Å². The lowest BCUT2D eigenvalue weighted by atomic mass is 10.1. The third kappa shape index (κ3) is 4.18. The summed E-state index contributed by atoms with van der Waals surface area (Å²) in [4.78, 5) is 23.4. The van der Waals surface area contributed by atoms with Gasteiger partial charge in [0.1, 0.15) is 11.6 Å². The molecule has 0 aliphatic rings. The molecule has 0 aliphatic heterocycles. The van der Waals surface area contributed by atoms with Crippen LogP contribution in [0.2, 0.25) is 0 Å². The molecule has 2 aromatic carbocycles. The van der Waals surface area contributed by atoms with Gasteiger partial charge in [-0.3, -0.25) is 9.59 Å². The number of hydrogen-bond acceptors (Lipinski definition) is 2. The molecule has 0 saturated heterocycles. The summed E-state index contributed by atoms with van der Waals surface area (Å²) in [7, 11) is 0. The molecule has 1 N–H and O–H groups in total. The molecule has 22 heavy (non-hydrogen) atoms. The fourth-order valence-electron chi connectivity index (χ4n) is 1.88. The monoisotopic (exact) mass is 307 g/mol. The van der Waals surface area contributed by atoms with Crippen LogP contribution >= 0.6 is 0 Å². The average molecular weight is 307 g/mol. The van der Waals surface area contributed by atoms with E-state index >= 15 is 0 Å². The largest absolute Gasteiger partial charge is 0.326 e. The van der Waals surface area contributed by atoms with E-state index in [4.69, 9.17) is 0 Å². The first-order chi connectivity index (χ1) is 10.5. The van der Waals surface area contributed by atoms with Crippen molar-refractivity contribution in [3.63, 3.8) is 0 Å². The van der Waals surface area contributed by atoms with Crippen LogP contribution in [-0.2, 0) is 16.0 Å². The summed E-state index contributed by atoms with van der Waals surface area (Å²) >= 11 is 0. The third-order valence-corrected chi connectivity index (χ3v) is 2.89. The van der Waals surface area contributed by atoms with Crippen molar-refractivity contribution < 1.29 is 22.8 Å². The number of hydrogen-bond donors (Lipinski definition) is 1. The van der Waals surface area contributed by atoms with Crippen molar-refractivity contribution in [2.24, 2.45) is 0 Å². The third-order valence-electron chi connectivity index (χ3n) is 2.89. The van der Waals surface area contributed by atoms with Crippen molar-refractivity contribution in [2.75, 3.05) is 5.32 Å². The topological polar surface area (TPSA) is 46.2 Å². The van der Waals surface area contributed by atoms with Gasteiger partial charge in [-0.15, -0.1) is 0 Å². The van der Waals surface area contributed by atoms with Gasteiger partial charge in [-0.1, -0.05) is 18.2 Å². The number of para-hydroxylation sites is 1. The first-order valence-corrected chi connectivity index (χ1v) is 6.45. The number of halogens is 3. The zero-order valence-electron chi connectivity index (χ0n) is 11.4. The number of amides is 1. The molecule has 1 amide bonds. The van der Waals surface area contributed by atoms with Crippen molar-refractivity contribution in [2.45, 2.75) is 12.8 Å². The van der Waals surface area contributed by atoms with Gasteiger partial charge in [-0.2, -0.15) is 0 Å². The Morgan fingerprint density at radius 2 is 1.55 bits per heavy atom. The molecule has 3 nitrogen and oxygen atoms in total. The number of Topliss-reactive ketones (excluding diaryl/α,β-unsaturated/α-hetero) is 1. The number of ketones is 1. The Morgan fingerprint density at radius 3 is 2.23 bits per heavy atom. The van der Waals surface area contributed by atoms with Crippen LogP contribution < -0.4 is 5.32 Å². The maximum Gasteiger partial charge on any atom is 0.231 e. The zero-order valence-corrected chi connectivity index (χ0v) is 11.4. The lowest BCUT2D eigenvalue weighted by Gasteiger charge is -2.06. The number of carbonyl (C=O) groups excluding carboxylic acids is 2. The van der Waals surface area contributed by atoms with E-state index in [-0.39, 0.29) is 5.56 Å². The highest BCUT2D eigenvalue weighted by Gasteiger charge is 2.15. The van der Waals surface area contributed by atoms with E-state index in [9.17, 15) is 22.8 Å². The molecule has 0 spiro atoms. The first kappa shape index (κ1) is 15.8. The maximum atomic E-state index is 13.4. The average Bonchev–Trinajstić information content (AvgIpc) is 2.45. The molecule has 0 saturated carbocycles. The Balaban J connectivity index is 1.96. The molecule has 0 fully saturated rings. The highest BCUT2D eigenvalue weighted by molar-refractivity contribution is 6.04. The zero-order chi connectivity index (χ0) is 16.1. The molecule has 0 bridgehead atoms. The second kappa shape index (κ2) is 6.89. The van der Waals surface area contributed by atoms with E-state index in [1.54, 1.807) is 30.3 Å². The Bertz CT molecular complexity index is 702. The smallest absolute Gasteiger partial charge is 0.231 e. The lowest BCUT2D eigenvalue weighted by molar-refractivity contribution is -0.125. The number of rotatable bonds is 5. The summed E-state index contributed by atoms with van der Waals surface area (Å²) in [6, 6.07) is 9.50. The summed E-state index contributed by atoms with van der Waals surface area (Å²) < 4.78 is 39.2. The van der Waals surface area contributed by atoms with Crippen LogP contribution in [0.5, 0.6) is 0 Å². The minimum atomic E-state index is -1.32. The van der Waals surface area contributed by atoms with Crippen LogP contribution in [0.1, 0.15) is 12.0 Å². The first-order valence-electron chi connectivity index (χ1n) is 6.45. The van der Waals surface area contributed by atoms with Crippen LogP contribution in [0.3, 0.4) is 0 Å². The molecule has 0 heterocycles. The van der Waals surface area contributed by atoms with Gasteiger partial charge < -0.3 is 5.32 Å².